The molecule has 1 heterocycles. The van der Waals surface area contributed by atoms with Crippen LogP contribution in [-0.4, -0.2) is 57.5 Å². The van der Waals surface area contributed by atoms with Crippen LogP contribution in [0.15, 0.2) is 47.4 Å². The molecular formula is C20H21FN2O6S. The summed E-state index contributed by atoms with van der Waals surface area (Å²) in [7, 11) is -3.72. The van der Waals surface area contributed by atoms with Crippen molar-refractivity contribution in [2.24, 2.45) is 0 Å². The molecule has 10 heteroatoms. The average molecular weight is 436 g/mol. The lowest BCUT2D eigenvalue weighted by Crippen LogP contribution is -2.40. The van der Waals surface area contributed by atoms with Gasteiger partial charge in [-0.15, -0.1) is 0 Å². The number of esters is 1. The molecule has 1 N–H and O–H groups in total. The lowest BCUT2D eigenvalue weighted by atomic mass is 10.2. The van der Waals surface area contributed by atoms with E-state index < -0.39 is 34.3 Å². The fraction of sp³-hybridized carbons (Fsp3) is 0.300. The third-order valence-corrected chi connectivity index (χ3v) is 6.38. The molecule has 30 heavy (non-hydrogen) atoms. The van der Waals surface area contributed by atoms with Crippen LogP contribution in [0.25, 0.3) is 0 Å². The molecule has 2 aromatic carbocycles. The van der Waals surface area contributed by atoms with Gasteiger partial charge in [-0.1, -0.05) is 12.1 Å². The number of hydrogen-bond donors (Lipinski definition) is 1. The maximum absolute atomic E-state index is 13.2. The smallest absolute Gasteiger partial charge is 0.338 e. The van der Waals surface area contributed by atoms with Crippen LogP contribution in [0.2, 0.25) is 0 Å². The van der Waals surface area contributed by atoms with Gasteiger partial charge in [0.1, 0.15) is 5.82 Å². The largest absolute Gasteiger partial charge is 0.452 e. The van der Waals surface area contributed by atoms with Crippen LogP contribution >= 0.6 is 0 Å². The zero-order valence-corrected chi connectivity index (χ0v) is 17.1. The van der Waals surface area contributed by atoms with Crippen LogP contribution < -0.4 is 5.32 Å². The molecule has 0 unspecified atom stereocenters. The molecule has 160 valence electrons. The van der Waals surface area contributed by atoms with Gasteiger partial charge in [-0.2, -0.15) is 4.31 Å². The summed E-state index contributed by atoms with van der Waals surface area (Å²) in [6, 6.07) is 9.34. The summed E-state index contributed by atoms with van der Waals surface area (Å²) >= 11 is 0. The van der Waals surface area contributed by atoms with Crippen LogP contribution in [0, 0.1) is 12.7 Å². The fourth-order valence-corrected chi connectivity index (χ4v) is 4.28. The second-order valence-corrected chi connectivity index (χ2v) is 8.57. The average Bonchev–Trinajstić information content (AvgIpc) is 2.74. The van der Waals surface area contributed by atoms with Crippen molar-refractivity contribution < 1.29 is 31.9 Å². The highest BCUT2D eigenvalue weighted by Gasteiger charge is 2.27. The van der Waals surface area contributed by atoms with Gasteiger partial charge in [-0.3, -0.25) is 4.79 Å². The summed E-state index contributed by atoms with van der Waals surface area (Å²) in [5.41, 5.74) is 0.912. The molecule has 1 aliphatic rings. The number of amides is 1. The van der Waals surface area contributed by atoms with Crippen molar-refractivity contribution in [1.82, 2.24) is 4.31 Å². The van der Waals surface area contributed by atoms with Gasteiger partial charge in [-0.25, -0.2) is 17.6 Å². The number of anilines is 1. The van der Waals surface area contributed by atoms with E-state index in [9.17, 15) is 22.4 Å². The summed E-state index contributed by atoms with van der Waals surface area (Å²) < 4.78 is 50.2. The molecule has 3 rings (SSSR count). The zero-order valence-electron chi connectivity index (χ0n) is 16.3. The van der Waals surface area contributed by atoms with Crippen molar-refractivity contribution in [3.05, 3.63) is 59.4 Å². The number of carbonyl (C=O) groups excluding carboxylic acids is 2. The minimum atomic E-state index is -3.72. The number of nitrogens with zero attached hydrogens (tertiary/aromatic N) is 1. The van der Waals surface area contributed by atoms with E-state index in [-0.39, 0.29) is 29.2 Å². The summed E-state index contributed by atoms with van der Waals surface area (Å²) in [4.78, 5) is 24.2. The van der Waals surface area contributed by atoms with Crippen molar-refractivity contribution in [3.63, 3.8) is 0 Å². The monoisotopic (exact) mass is 436 g/mol. The Balaban J connectivity index is 1.66. The Labute approximate surface area is 173 Å². The Morgan fingerprint density at radius 3 is 2.60 bits per heavy atom. The predicted octanol–water partition coefficient (Wildman–Crippen LogP) is 1.95. The molecule has 0 aliphatic carbocycles. The highest BCUT2D eigenvalue weighted by molar-refractivity contribution is 7.89. The number of rotatable bonds is 6. The Morgan fingerprint density at radius 1 is 1.17 bits per heavy atom. The van der Waals surface area contributed by atoms with E-state index in [1.54, 1.807) is 13.0 Å². The lowest BCUT2D eigenvalue weighted by Gasteiger charge is -2.26. The van der Waals surface area contributed by atoms with Crippen LogP contribution in [0.5, 0.6) is 0 Å². The van der Waals surface area contributed by atoms with Crippen molar-refractivity contribution in [2.75, 3.05) is 38.2 Å². The number of nitrogens with one attached hydrogen (secondary N) is 1. The fourth-order valence-electron chi connectivity index (χ4n) is 2.85. The van der Waals surface area contributed by atoms with Gasteiger partial charge in [0.25, 0.3) is 5.91 Å². The normalized spacial score (nSPS) is 14.9. The molecule has 0 saturated carbocycles. The number of halogens is 1. The first-order chi connectivity index (χ1) is 14.3. The van der Waals surface area contributed by atoms with Gasteiger partial charge in [0, 0.05) is 18.8 Å². The Morgan fingerprint density at radius 2 is 1.90 bits per heavy atom. The molecule has 8 nitrogen and oxygen atoms in total. The standard InChI is InChI=1S/C20H21FN2O6S/c1-14-5-6-17(30(26,27)23-7-9-28-10-8-23)12-18(14)22-19(24)13-29-20(25)15-3-2-4-16(21)11-15/h2-6,11-12H,7-10,13H2,1H3,(H,22,24). The SMILES string of the molecule is Cc1ccc(S(=O)(=O)N2CCOCC2)cc1NC(=O)COC(=O)c1cccc(F)c1. The van der Waals surface area contributed by atoms with Gasteiger partial charge in [0.05, 0.1) is 23.7 Å². The minimum absolute atomic E-state index is 0.0161. The van der Waals surface area contributed by atoms with Crippen LogP contribution in [0.3, 0.4) is 0 Å². The number of ether oxygens (including phenoxy) is 2. The first-order valence-electron chi connectivity index (χ1n) is 9.18. The molecule has 1 saturated heterocycles. The van der Waals surface area contributed by atoms with Crippen LogP contribution in [0.4, 0.5) is 10.1 Å². The Hall–Kier alpha value is -2.82. The lowest BCUT2D eigenvalue weighted by molar-refractivity contribution is -0.119. The van der Waals surface area contributed by atoms with E-state index in [1.807, 2.05) is 0 Å². The highest BCUT2D eigenvalue weighted by Crippen LogP contribution is 2.23. The first-order valence-corrected chi connectivity index (χ1v) is 10.6. The van der Waals surface area contributed by atoms with Gasteiger partial charge in [0.15, 0.2) is 6.61 Å². The maximum atomic E-state index is 13.2. The Kier molecular flexibility index (Phi) is 6.80. The summed E-state index contributed by atoms with van der Waals surface area (Å²) in [5, 5.41) is 2.55. The molecule has 1 fully saturated rings. The first kappa shape index (κ1) is 21.9. The minimum Gasteiger partial charge on any atom is -0.452 e. The van der Waals surface area contributed by atoms with Crippen molar-refractivity contribution in [3.8, 4) is 0 Å². The van der Waals surface area contributed by atoms with Crippen molar-refractivity contribution in [1.29, 1.82) is 0 Å². The predicted molar refractivity (Wildman–Crippen MR) is 106 cm³/mol. The third-order valence-electron chi connectivity index (χ3n) is 4.49. The topological polar surface area (TPSA) is 102 Å². The molecule has 0 aromatic heterocycles. The van der Waals surface area contributed by atoms with E-state index in [1.165, 1.54) is 34.6 Å². The molecule has 1 aliphatic heterocycles. The second-order valence-electron chi connectivity index (χ2n) is 6.63. The van der Waals surface area contributed by atoms with Gasteiger partial charge >= 0.3 is 5.97 Å². The molecule has 1 amide bonds. The maximum Gasteiger partial charge on any atom is 0.338 e. The van der Waals surface area contributed by atoms with Crippen LogP contribution in [-0.2, 0) is 24.3 Å². The van der Waals surface area contributed by atoms with Crippen molar-refractivity contribution >= 4 is 27.6 Å². The van der Waals surface area contributed by atoms with Gasteiger partial charge in [-0.05, 0) is 42.8 Å². The highest BCUT2D eigenvalue weighted by atomic mass is 32.2. The molecule has 0 spiro atoms. The van der Waals surface area contributed by atoms with E-state index >= 15 is 0 Å². The van der Waals surface area contributed by atoms with Crippen LogP contribution in [0.1, 0.15) is 15.9 Å². The summed E-state index contributed by atoms with van der Waals surface area (Å²) in [6.45, 7) is 2.27. The number of aryl methyl sites for hydroxylation is 1. The van der Waals surface area contributed by atoms with Gasteiger partial charge < -0.3 is 14.8 Å². The quantitative estimate of drug-likeness (QED) is 0.695. The molecule has 2 aromatic rings. The molecule has 0 atom stereocenters. The van der Waals surface area contributed by atoms with E-state index in [2.05, 4.69) is 5.32 Å². The molecule has 0 bridgehead atoms. The number of sulfonamides is 1. The summed E-state index contributed by atoms with van der Waals surface area (Å²) in [6.07, 6.45) is 0. The van der Waals surface area contributed by atoms with Crippen molar-refractivity contribution in [2.45, 2.75) is 11.8 Å². The van der Waals surface area contributed by atoms with E-state index in [0.29, 0.717) is 18.8 Å². The molecule has 0 radical (unpaired) electrons. The Bertz CT molecular complexity index is 1050. The number of hydrogen-bond acceptors (Lipinski definition) is 6. The third kappa shape index (κ3) is 5.21. The zero-order chi connectivity index (χ0) is 21.7. The van der Waals surface area contributed by atoms with Gasteiger partial charge in [0.2, 0.25) is 10.0 Å². The molecular weight excluding hydrogens is 415 g/mol. The van der Waals surface area contributed by atoms with E-state index in [0.717, 1.165) is 6.07 Å². The number of morpholine rings is 1. The number of benzene rings is 2. The van der Waals surface area contributed by atoms with E-state index in [4.69, 9.17) is 9.47 Å². The number of carbonyl (C=O) groups is 2. The summed E-state index contributed by atoms with van der Waals surface area (Å²) in [5.74, 6) is -2.09. The second kappa shape index (κ2) is 9.33.